The fourth-order valence-corrected chi connectivity index (χ4v) is 3.26. The summed E-state index contributed by atoms with van der Waals surface area (Å²) in [4.78, 5) is 41.3. The number of aliphatic imine (C=N–C) groups is 1. The van der Waals surface area contributed by atoms with Gasteiger partial charge >= 0.3 is 5.97 Å². The van der Waals surface area contributed by atoms with Gasteiger partial charge in [-0.15, -0.1) is 0 Å². The maximum atomic E-state index is 12.8. The van der Waals surface area contributed by atoms with Crippen molar-refractivity contribution in [1.29, 1.82) is 0 Å². The average molecular weight is 357 g/mol. The first-order valence-electron chi connectivity index (χ1n) is 8.19. The van der Waals surface area contributed by atoms with Crippen LogP contribution in [0.15, 0.2) is 4.99 Å². The number of carbonyl (C=O) groups is 3. The monoisotopic (exact) mass is 357 g/mol. The second kappa shape index (κ2) is 9.21. The Morgan fingerprint density at radius 3 is 2.40 bits per heavy atom. The van der Waals surface area contributed by atoms with E-state index in [9.17, 15) is 19.5 Å². The van der Waals surface area contributed by atoms with E-state index in [-0.39, 0.29) is 32.0 Å². The number of aliphatic hydroxyl groups is 1. The molecule has 142 valence electrons. The molecule has 0 radical (unpaired) electrons. The Morgan fingerprint density at radius 1 is 1.32 bits per heavy atom. The van der Waals surface area contributed by atoms with Crippen molar-refractivity contribution >= 4 is 23.7 Å². The van der Waals surface area contributed by atoms with Gasteiger partial charge in [0.15, 0.2) is 5.96 Å². The van der Waals surface area contributed by atoms with Crippen LogP contribution < -0.4 is 16.8 Å². The van der Waals surface area contributed by atoms with Gasteiger partial charge in [-0.1, -0.05) is 0 Å². The number of nitrogens with zero attached hydrogens (tertiary/aromatic N) is 2. The number of nitrogens with one attached hydrogen (secondary N) is 1. The summed E-state index contributed by atoms with van der Waals surface area (Å²) >= 11 is 0. The first-order valence-corrected chi connectivity index (χ1v) is 8.19. The third kappa shape index (κ3) is 5.59. The molecule has 2 unspecified atom stereocenters. The number of guanidine groups is 1. The fourth-order valence-electron chi connectivity index (χ4n) is 3.26. The predicted octanol–water partition coefficient (Wildman–Crippen LogP) is -1.92. The number of aliphatic carboxylic acids is 1. The molecule has 0 bridgehead atoms. The summed E-state index contributed by atoms with van der Waals surface area (Å²) < 4.78 is 0. The summed E-state index contributed by atoms with van der Waals surface area (Å²) in [7, 11) is 0. The minimum absolute atomic E-state index is 0.119. The van der Waals surface area contributed by atoms with Gasteiger partial charge < -0.3 is 31.9 Å². The van der Waals surface area contributed by atoms with E-state index in [1.165, 1.54) is 11.8 Å². The molecule has 0 heterocycles. The number of carboxylic acids is 1. The Kier molecular flexibility index (Phi) is 7.62. The molecule has 0 spiro atoms. The number of amides is 2. The lowest BCUT2D eigenvalue weighted by Gasteiger charge is -2.31. The highest BCUT2D eigenvalue weighted by Crippen LogP contribution is 2.36. The number of carboxylic acid groups (broad SMARTS) is 1. The lowest BCUT2D eigenvalue weighted by atomic mass is 9.92. The van der Waals surface area contributed by atoms with Gasteiger partial charge in [-0.05, 0) is 19.8 Å². The number of carbonyl (C=O) groups excluding carboxylic acids is 2. The first-order chi connectivity index (χ1) is 11.7. The van der Waals surface area contributed by atoms with E-state index >= 15 is 0 Å². The zero-order chi connectivity index (χ0) is 19.1. The minimum Gasteiger partial charge on any atom is -0.481 e. The van der Waals surface area contributed by atoms with Crippen LogP contribution in [-0.2, 0) is 14.4 Å². The topological polar surface area (TPSA) is 171 Å². The molecule has 0 aromatic carbocycles. The van der Waals surface area contributed by atoms with Gasteiger partial charge in [0.1, 0.15) is 6.04 Å². The molecular formula is C15H27N5O5. The Labute approximate surface area is 146 Å². The van der Waals surface area contributed by atoms with E-state index in [1.807, 2.05) is 0 Å². The quantitative estimate of drug-likeness (QED) is 0.249. The number of likely N-dealkylation sites (N-methyl/N-ethyl adjacent to an activating group) is 1. The first kappa shape index (κ1) is 20.7. The third-order valence-corrected chi connectivity index (χ3v) is 4.36. The van der Waals surface area contributed by atoms with Crippen LogP contribution in [0.5, 0.6) is 0 Å². The molecule has 0 saturated heterocycles. The number of aliphatic hydroxyl groups excluding tert-OH is 1. The molecule has 1 saturated carbocycles. The van der Waals surface area contributed by atoms with Crippen molar-refractivity contribution < 1.29 is 24.6 Å². The highest BCUT2D eigenvalue weighted by molar-refractivity contribution is 5.87. The zero-order valence-electron chi connectivity index (χ0n) is 14.5. The molecule has 1 rings (SSSR count). The molecular weight excluding hydrogens is 330 g/mol. The van der Waals surface area contributed by atoms with E-state index in [2.05, 4.69) is 10.3 Å². The van der Waals surface area contributed by atoms with Crippen LogP contribution in [-0.4, -0.2) is 70.6 Å². The van der Waals surface area contributed by atoms with Crippen LogP contribution >= 0.6 is 0 Å². The highest BCUT2D eigenvalue weighted by atomic mass is 16.4. The van der Waals surface area contributed by atoms with Crippen LogP contribution in [0.3, 0.4) is 0 Å². The van der Waals surface area contributed by atoms with Crippen molar-refractivity contribution in [3.05, 3.63) is 0 Å². The van der Waals surface area contributed by atoms with Crippen molar-refractivity contribution in [2.45, 2.75) is 38.8 Å². The molecule has 4 atom stereocenters. The number of nitrogens with two attached hydrogens (primary N) is 2. The van der Waals surface area contributed by atoms with Gasteiger partial charge in [0, 0.05) is 25.9 Å². The van der Waals surface area contributed by atoms with E-state index in [0.717, 1.165) is 0 Å². The van der Waals surface area contributed by atoms with Crippen molar-refractivity contribution in [3.8, 4) is 0 Å². The molecule has 0 aliphatic heterocycles. The van der Waals surface area contributed by atoms with Crippen LogP contribution in [0.25, 0.3) is 0 Å². The maximum Gasteiger partial charge on any atom is 0.306 e. The molecule has 1 aliphatic rings. The van der Waals surface area contributed by atoms with Crippen molar-refractivity contribution in [1.82, 2.24) is 10.2 Å². The van der Waals surface area contributed by atoms with Gasteiger partial charge in [0.2, 0.25) is 11.8 Å². The molecule has 1 fully saturated rings. The van der Waals surface area contributed by atoms with E-state index in [0.29, 0.717) is 6.54 Å². The standard InChI is InChI=1S/C15H27N5O5/c1-3-20(4-5-21)13(23)12(18-8(2)22)10-6-9(14(24)25)7-11(10)19-15(16)17/h9-12,21H,3-7H2,1-2H3,(H,18,22)(H,24,25)(H4,16,17,19)/t9?,10-,11-,12?/m0/s1. The molecule has 2 amide bonds. The summed E-state index contributed by atoms with van der Waals surface area (Å²) in [6.45, 7) is 3.28. The summed E-state index contributed by atoms with van der Waals surface area (Å²) in [5, 5.41) is 21.0. The summed E-state index contributed by atoms with van der Waals surface area (Å²) in [6, 6.07) is -1.54. The van der Waals surface area contributed by atoms with Crippen LogP contribution in [0.1, 0.15) is 26.7 Å². The Bertz CT molecular complexity index is 534. The van der Waals surface area contributed by atoms with Gasteiger partial charge in [-0.3, -0.25) is 14.4 Å². The van der Waals surface area contributed by atoms with Gasteiger partial charge in [0.25, 0.3) is 0 Å². The van der Waals surface area contributed by atoms with Gasteiger partial charge in [-0.25, -0.2) is 4.99 Å². The zero-order valence-corrected chi connectivity index (χ0v) is 14.5. The third-order valence-electron chi connectivity index (χ3n) is 4.36. The summed E-state index contributed by atoms with van der Waals surface area (Å²) in [5.74, 6) is -3.24. The molecule has 0 aromatic heterocycles. The summed E-state index contributed by atoms with van der Waals surface area (Å²) in [6.07, 6.45) is 0.359. The SMILES string of the molecule is CCN(CCO)C(=O)C(NC(C)=O)[C@H]1CC(C(=O)O)C[C@@H]1N=C(N)N. The maximum absolute atomic E-state index is 12.8. The Balaban J connectivity index is 3.16. The summed E-state index contributed by atoms with van der Waals surface area (Å²) in [5.41, 5.74) is 10.9. The fraction of sp³-hybridized carbons (Fsp3) is 0.733. The average Bonchev–Trinajstić information content (AvgIpc) is 2.92. The number of hydrogen-bond donors (Lipinski definition) is 5. The van der Waals surface area contributed by atoms with E-state index < -0.39 is 41.7 Å². The normalized spacial score (nSPS) is 23.6. The Morgan fingerprint density at radius 2 is 1.96 bits per heavy atom. The molecule has 10 nitrogen and oxygen atoms in total. The van der Waals surface area contributed by atoms with Gasteiger partial charge in [-0.2, -0.15) is 0 Å². The lowest BCUT2D eigenvalue weighted by molar-refractivity contribution is -0.142. The van der Waals surface area contributed by atoms with Crippen LogP contribution in [0.2, 0.25) is 0 Å². The number of hydrogen-bond acceptors (Lipinski definition) is 5. The molecule has 25 heavy (non-hydrogen) atoms. The second-order valence-electron chi connectivity index (χ2n) is 6.11. The molecule has 7 N–H and O–H groups in total. The molecule has 0 aromatic rings. The van der Waals surface area contributed by atoms with E-state index in [1.54, 1.807) is 6.92 Å². The van der Waals surface area contributed by atoms with E-state index in [4.69, 9.17) is 16.6 Å². The predicted molar refractivity (Wildman–Crippen MR) is 90.4 cm³/mol. The highest BCUT2D eigenvalue weighted by Gasteiger charge is 2.45. The molecule has 10 heteroatoms. The smallest absolute Gasteiger partial charge is 0.306 e. The van der Waals surface area contributed by atoms with Crippen molar-refractivity contribution in [3.63, 3.8) is 0 Å². The molecule has 1 aliphatic carbocycles. The number of rotatable bonds is 8. The van der Waals surface area contributed by atoms with Crippen LogP contribution in [0, 0.1) is 11.8 Å². The Hall–Kier alpha value is -2.36. The largest absolute Gasteiger partial charge is 0.481 e. The minimum atomic E-state index is -0.991. The van der Waals surface area contributed by atoms with Gasteiger partial charge in [0.05, 0.1) is 18.6 Å². The van der Waals surface area contributed by atoms with Crippen molar-refractivity contribution in [2.75, 3.05) is 19.7 Å². The van der Waals surface area contributed by atoms with Crippen molar-refractivity contribution in [2.24, 2.45) is 28.3 Å². The van der Waals surface area contributed by atoms with Crippen LogP contribution in [0.4, 0.5) is 0 Å². The second-order valence-corrected chi connectivity index (χ2v) is 6.11. The lowest BCUT2D eigenvalue weighted by Crippen LogP contribution is -2.54.